The molecule has 0 bridgehead atoms. The maximum Gasteiger partial charge on any atom is 0.236 e. The van der Waals surface area contributed by atoms with Gasteiger partial charge < -0.3 is 24.4 Å². The largest absolute Gasteiger partial charge is 0.493 e. The maximum atomic E-state index is 13.2. The van der Waals surface area contributed by atoms with Crippen molar-refractivity contribution in [2.75, 3.05) is 37.6 Å². The zero-order valence-corrected chi connectivity index (χ0v) is 19.7. The van der Waals surface area contributed by atoms with E-state index in [-0.39, 0.29) is 24.2 Å². The quantitative estimate of drug-likeness (QED) is 0.695. The Morgan fingerprint density at radius 2 is 1.84 bits per heavy atom. The number of carbonyl (C=O) groups is 2. The monoisotopic (exact) mass is 440 g/mol. The summed E-state index contributed by atoms with van der Waals surface area (Å²) in [6.07, 6.45) is 0.176. The molecule has 0 radical (unpaired) electrons. The fourth-order valence-electron chi connectivity index (χ4n) is 3.65. The number of hydrogen-bond donors (Lipinski definition) is 1. The van der Waals surface area contributed by atoms with Gasteiger partial charge in [0, 0.05) is 12.2 Å². The second-order valence-electron chi connectivity index (χ2n) is 9.08. The molecule has 2 amide bonds. The first kappa shape index (κ1) is 23.4. The first-order chi connectivity index (χ1) is 15.1. The van der Waals surface area contributed by atoms with Gasteiger partial charge in [0.15, 0.2) is 11.5 Å². The van der Waals surface area contributed by atoms with E-state index in [2.05, 4.69) is 19.2 Å². The highest BCUT2D eigenvalue weighted by Crippen LogP contribution is 2.38. The number of nitrogens with one attached hydrogen (secondary N) is 1. The van der Waals surface area contributed by atoms with E-state index >= 15 is 0 Å². The van der Waals surface area contributed by atoms with Crippen LogP contribution in [0.1, 0.15) is 33.3 Å². The van der Waals surface area contributed by atoms with Crippen molar-refractivity contribution in [1.82, 2.24) is 0 Å². The molecule has 1 N–H and O–H groups in total. The Bertz CT molecular complexity index is 1000. The normalized spacial score (nSPS) is 15.0. The molecule has 2 aromatic carbocycles. The van der Waals surface area contributed by atoms with Crippen molar-refractivity contribution in [3.8, 4) is 17.2 Å². The zero-order chi connectivity index (χ0) is 23.5. The van der Waals surface area contributed by atoms with Crippen molar-refractivity contribution in [2.45, 2.75) is 34.1 Å². The molecule has 7 heteroatoms. The van der Waals surface area contributed by atoms with Crippen molar-refractivity contribution < 1.29 is 23.8 Å². The van der Waals surface area contributed by atoms with E-state index in [1.165, 1.54) is 0 Å². The molecule has 0 atom stereocenters. The smallest absolute Gasteiger partial charge is 0.236 e. The third-order valence-corrected chi connectivity index (χ3v) is 5.31. The molecule has 0 aliphatic carbocycles. The summed E-state index contributed by atoms with van der Waals surface area (Å²) in [6.45, 7) is 8.79. The number of methoxy groups -OCH3 is 2. The minimum atomic E-state index is -0.634. The summed E-state index contributed by atoms with van der Waals surface area (Å²) >= 11 is 0. The molecule has 1 aliphatic rings. The molecule has 1 heterocycles. The van der Waals surface area contributed by atoms with Crippen LogP contribution in [0.15, 0.2) is 36.4 Å². The standard InChI is InChI=1S/C25H32N2O5/c1-16(2)14-27-19-13-18(8-10-20(19)32-15-25(3,4)24(27)29)26-23(28)12-17-7-9-21(30-5)22(11-17)31-6/h7-11,13,16H,12,14-15H2,1-6H3,(H,26,28). The lowest BCUT2D eigenvalue weighted by Crippen LogP contribution is -2.43. The summed E-state index contributed by atoms with van der Waals surface area (Å²) in [7, 11) is 3.13. The van der Waals surface area contributed by atoms with E-state index in [0.29, 0.717) is 41.8 Å². The molecule has 0 aromatic heterocycles. The predicted octanol–water partition coefficient (Wildman–Crippen LogP) is 4.29. The average molecular weight is 441 g/mol. The molecule has 0 saturated heterocycles. The number of carbonyl (C=O) groups excluding carboxylic acids is 2. The highest BCUT2D eigenvalue weighted by molar-refractivity contribution is 6.00. The van der Waals surface area contributed by atoms with Crippen LogP contribution in [0.2, 0.25) is 0 Å². The summed E-state index contributed by atoms with van der Waals surface area (Å²) in [5, 5.41) is 2.93. The SMILES string of the molecule is COc1ccc(CC(=O)Nc2ccc3c(c2)N(CC(C)C)C(=O)C(C)(C)CO3)cc1OC. The lowest BCUT2D eigenvalue weighted by molar-refractivity contribution is -0.127. The molecule has 32 heavy (non-hydrogen) atoms. The Labute approximate surface area is 189 Å². The molecule has 3 rings (SSSR count). The molecule has 0 saturated carbocycles. The van der Waals surface area contributed by atoms with Gasteiger partial charge in [-0.05, 0) is 55.7 Å². The van der Waals surface area contributed by atoms with Gasteiger partial charge in [0.2, 0.25) is 11.8 Å². The first-order valence-corrected chi connectivity index (χ1v) is 10.7. The summed E-state index contributed by atoms with van der Waals surface area (Å²) in [5.41, 5.74) is 1.46. The van der Waals surface area contributed by atoms with Crippen LogP contribution in [-0.2, 0) is 16.0 Å². The van der Waals surface area contributed by atoms with Gasteiger partial charge in [-0.15, -0.1) is 0 Å². The van der Waals surface area contributed by atoms with Crippen LogP contribution in [0.3, 0.4) is 0 Å². The number of fused-ring (bicyclic) bond motifs is 1. The van der Waals surface area contributed by atoms with Crippen molar-refractivity contribution >= 4 is 23.2 Å². The molecule has 2 aromatic rings. The average Bonchev–Trinajstić information content (AvgIpc) is 2.83. The van der Waals surface area contributed by atoms with E-state index in [0.717, 1.165) is 5.56 Å². The van der Waals surface area contributed by atoms with Gasteiger partial charge >= 0.3 is 0 Å². The second kappa shape index (κ2) is 9.51. The van der Waals surface area contributed by atoms with Gasteiger partial charge in [0.05, 0.1) is 31.7 Å². The minimum absolute atomic E-state index is 0.0127. The number of ether oxygens (including phenoxy) is 3. The zero-order valence-electron chi connectivity index (χ0n) is 19.7. The molecule has 1 aliphatic heterocycles. The Morgan fingerprint density at radius 1 is 1.12 bits per heavy atom. The maximum absolute atomic E-state index is 13.2. The number of benzene rings is 2. The fourth-order valence-corrected chi connectivity index (χ4v) is 3.65. The molecular formula is C25H32N2O5. The fraction of sp³-hybridized carbons (Fsp3) is 0.440. The van der Waals surface area contributed by atoms with Gasteiger partial charge in [-0.2, -0.15) is 0 Å². The number of rotatable bonds is 7. The molecule has 0 unspecified atom stereocenters. The van der Waals surface area contributed by atoms with Gasteiger partial charge in [-0.1, -0.05) is 19.9 Å². The number of amides is 2. The van der Waals surface area contributed by atoms with Crippen LogP contribution in [0.25, 0.3) is 0 Å². The van der Waals surface area contributed by atoms with E-state index < -0.39 is 5.41 Å². The number of hydrogen-bond acceptors (Lipinski definition) is 5. The summed E-state index contributed by atoms with van der Waals surface area (Å²) < 4.78 is 16.5. The van der Waals surface area contributed by atoms with E-state index in [4.69, 9.17) is 14.2 Å². The second-order valence-corrected chi connectivity index (χ2v) is 9.08. The Balaban J connectivity index is 1.82. The van der Waals surface area contributed by atoms with Crippen molar-refractivity contribution in [2.24, 2.45) is 11.3 Å². The predicted molar refractivity (Wildman–Crippen MR) is 125 cm³/mol. The van der Waals surface area contributed by atoms with Gasteiger partial charge in [-0.3, -0.25) is 9.59 Å². The molecular weight excluding hydrogens is 408 g/mol. The van der Waals surface area contributed by atoms with Gasteiger partial charge in [0.25, 0.3) is 0 Å². The number of nitrogens with zero attached hydrogens (tertiary/aromatic N) is 1. The van der Waals surface area contributed by atoms with Crippen LogP contribution in [0.4, 0.5) is 11.4 Å². The van der Waals surface area contributed by atoms with Crippen LogP contribution in [-0.4, -0.2) is 39.2 Å². The van der Waals surface area contributed by atoms with Crippen LogP contribution in [0, 0.1) is 11.3 Å². The van der Waals surface area contributed by atoms with Gasteiger partial charge in [-0.25, -0.2) is 0 Å². The Hall–Kier alpha value is -3.22. The van der Waals surface area contributed by atoms with E-state index in [9.17, 15) is 9.59 Å². The topological polar surface area (TPSA) is 77.1 Å². The van der Waals surface area contributed by atoms with Crippen LogP contribution < -0.4 is 24.4 Å². The molecule has 7 nitrogen and oxygen atoms in total. The first-order valence-electron chi connectivity index (χ1n) is 10.7. The minimum Gasteiger partial charge on any atom is -0.493 e. The molecule has 0 spiro atoms. The number of anilines is 2. The summed E-state index contributed by atoms with van der Waals surface area (Å²) in [4.78, 5) is 27.7. The van der Waals surface area contributed by atoms with Crippen molar-refractivity contribution in [1.29, 1.82) is 0 Å². The lowest BCUT2D eigenvalue weighted by Gasteiger charge is -2.29. The molecule has 0 fully saturated rings. The molecule has 172 valence electrons. The lowest BCUT2D eigenvalue weighted by atomic mass is 9.92. The van der Waals surface area contributed by atoms with E-state index in [1.54, 1.807) is 37.3 Å². The third-order valence-electron chi connectivity index (χ3n) is 5.31. The van der Waals surface area contributed by atoms with Crippen molar-refractivity contribution in [3.63, 3.8) is 0 Å². The third kappa shape index (κ3) is 5.15. The highest BCUT2D eigenvalue weighted by atomic mass is 16.5. The van der Waals surface area contributed by atoms with Crippen LogP contribution >= 0.6 is 0 Å². The highest BCUT2D eigenvalue weighted by Gasteiger charge is 2.38. The Morgan fingerprint density at radius 3 is 2.50 bits per heavy atom. The van der Waals surface area contributed by atoms with E-state index in [1.807, 2.05) is 32.0 Å². The Kier molecular flexibility index (Phi) is 6.96. The van der Waals surface area contributed by atoms with Gasteiger partial charge in [0.1, 0.15) is 12.4 Å². The van der Waals surface area contributed by atoms with Crippen LogP contribution in [0.5, 0.6) is 17.2 Å². The summed E-state index contributed by atoms with van der Waals surface area (Å²) in [5.74, 6) is 1.95. The summed E-state index contributed by atoms with van der Waals surface area (Å²) in [6, 6.07) is 10.8. The van der Waals surface area contributed by atoms with Crippen molar-refractivity contribution in [3.05, 3.63) is 42.0 Å².